The van der Waals surface area contributed by atoms with Crippen LogP contribution in [-0.4, -0.2) is 22.5 Å². The van der Waals surface area contributed by atoms with E-state index in [0.29, 0.717) is 6.42 Å². The normalized spacial score (nSPS) is 12.0. The lowest BCUT2D eigenvalue weighted by molar-refractivity contribution is -0.0498. The molecule has 0 saturated carbocycles. The Kier molecular flexibility index (Phi) is 5.58. The van der Waals surface area contributed by atoms with Gasteiger partial charge < -0.3 is 15.0 Å². The first-order chi connectivity index (χ1) is 12.6. The predicted molar refractivity (Wildman–Crippen MR) is 92.0 cm³/mol. The van der Waals surface area contributed by atoms with E-state index in [4.69, 9.17) is 0 Å². The van der Waals surface area contributed by atoms with Crippen LogP contribution in [0.1, 0.15) is 27.8 Å². The summed E-state index contributed by atoms with van der Waals surface area (Å²) in [6.45, 7) is -2.94. The van der Waals surface area contributed by atoms with Crippen LogP contribution in [-0.2, 0) is 6.42 Å². The molecule has 0 aliphatic carbocycles. The minimum Gasteiger partial charge on any atom is -0.435 e. The number of hydrogen-bond donors (Lipinski definition) is 2. The lowest BCUT2D eigenvalue weighted by Crippen LogP contribution is -2.30. The van der Waals surface area contributed by atoms with Crippen molar-refractivity contribution in [2.24, 2.45) is 0 Å². The second-order valence-electron chi connectivity index (χ2n) is 5.58. The highest BCUT2D eigenvalue weighted by Crippen LogP contribution is 2.20. The van der Waals surface area contributed by atoms with Gasteiger partial charge in [0, 0.05) is 24.4 Å². The van der Waals surface area contributed by atoms with Crippen molar-refractivity contribution >= 4 is 5.91 Å². The topological polar surface area (TPSA) is 67.0 Å². The SMILES string of the molecule is O=C(N[C@@H](Cc1ncc[nH]1)c1ccccc1)c1cccc(OC(F)F)c1. The molecule has 5 nitrogen and oxygen atoms in total. The lowest BCUT2D eigenvalue weighted by Gasteiger charge is -2.18. The molecule has 0 spiro atoms. The maximum Gasteiger partial charge on any atom is 0.387 e. The second kappa shape index (κ2) is 8.24. The summed E-state index contributed by atoms with van der Waals surface area (Å²) in [6.07, 6.45) is 3.82. The Morgan fingerprint density at radius 2 is 1.96 bits per heavy atom. The Balaban J connectivity index is 1.79. The number of amides is 1. The van der Waals surface area contributed by atoms with Crippen LogP contribution in [0.3, 0.4) is 0 Å². The Bertz CT molecular complexity index is 839. The Morgan fingerprint density at radius 3 is 2.65 bits per heavy atom. The number of imidazole rings is 1. The van der Waals surface area contributed by atoms with Crippen LogP contribution in [0.15, 0.2) is 67.0 Å². The number of alkyl halides is 2. The van der Waals surface area contributed by atoms with Crippen LogP contribution in [0, 0.1) is 0 Å². The third-order valence-corrected chi connectivity index (χ3v) is 3.78. The molecule has 0 aliphatic heterocycles. The number of nitrogens with one attached hydrogen (secondary N) is 2. The molecular weight excluding hydrogens is 340 g/mol. The van der Waals surface area contributed by atoms with E-state index in [1.807, 2.05) is 30.3 Å². The fourth-order valence-electron chi connectivity index (χ4n) is 2.60. The molecule has 2 N–H and O–H groups in total. The standard InChI is InChI=1S/C19H17F2N3O2/c20-19(21)26-15-8-4-7-14(11-15)18(25)24-16(12-17-22-9-10-23-17)13-5-2-1-3-6-13/h1-11,16,19H,12H2,(H,22,23)(H,24,25)/t16-/m0/s1. The maximum absolute atomic E-state index is 12.6. The van der Waals surface area contributed by atoms with Gasteiger partial charge in [-0.3, -0.25) is 4.79 Å². The lowest BCUT2D eigenvalue weighted by atomic mass is 10.0. The van der Waals surface area contributed by atoms with Gasteiger partial charge in [-0.25, -0.2) is 4.98 Å². The van der Waals surface area contributed by atoms with Crippen LogP contribution < -0.4 is 10.1 Å². The van der Waals surface area contributed by atoms with E-state index in [0.717, 1.165) is 11.4 Å². The zero-order valence-corrected chi connectivity index (χ0v) is 13.7. The number of halogens is 2. The average molecular weight is 357 g/mol. The molecule has 1 amide bonds. The number of aromatic nitrogens is 2. The Morgan fingerprint density at radius 1 is 1.15 bits per heavy atom. The minimum atomic E-state index is -2.94. The molecule has 134 valence electrons. The molecule has 0 radical (unpaired) electrons. The summed E-state index contributed by atoms with van der Waals surface area (Å²) in [4.78, 5) is 19.8. The van der Waals surface area contributed by atoms with Crippen LogP contribution in [0.2, 0.25) is 0 Å². The molecule has 0 unspecified atom stereocenters. The summed E-state index contributed by atoms with van der Waals surface area (Å²) in [5.41, 5.74) is 1.15. The van der Waals surface area contributed by atoms with E-state index in [2.05, 4.69) is 20.0 Å². The summed E-state index contributed by atoms with van der Waals surface area (Å²) in [5.74, 6) is 0.286. The molecule has 0 aliphatic rings. The largest absolute Gasteiger partial charge is 0.435 e. The van der Waals surface area contributed by atoms with Gasteiger partial charge in [-0.1, -0.05) is 36.4 Å². The molecule has 0 saturated heterocycles. The molecule has 2 aromatic carbocycles. The van der Waals surface area contributed by atoms with Crippen LogP contribution in [0.5, 0.6) is 5.75 Å². The summed E-state index contributed by atoms with van der Waals surface area (Å²) in [5, 5.41) is 2.93. The number of nitrogens with zero attached hydrogens (tertiary/aromatic N) is 1. The number of ether oxygens (including phenoxy) is 1. The van der Waals surface area contributed by atoms with E-state index in [-0.39, 0.29) is 23.3 Å². The molecular formula is C19H17F2N3O2. The van der Waals surface area contributed by atoms with Crippen LogP contribution >= 0.6 is 0 Å². The van der Waals surface area contributed by atoms with Crippen LogP contribution in [0.25, 0.3) is 0 Å². The molecule has 0 fully saturated rings. The fraction of sp³-hybridized carbons (Fsp3) is 0.158. The van der Waals surface area contributed by atoms with E-state index in [1.54, 1.807) is 18.5 Å². The molecule has 3 aromatic rings. The summed E-state index contributed by atoms with van der Waals surface area (Å²) in [7, 11) is 0. The van der Waals surface area contributed by atoms with Crippen LogP contribution in [0.4, 0.5) is 8.78 Å². The highest BCUT2D eigenvalue weighted by molar-refractivity contribution is 5.94. The van der Waals surface area contributed by atoms with Gasteiger partial charge >= 0.3 is 6.61 Å². The van der Waals surface area contributed by atoms with Gasteiger partial charge in [0.1, 0.15) is 11.6 Å². The van der Waals surface area contributed by atoms with Crippen molar-refractivity contribution < 1.29 is 18.3 Å². The third kappa shape index (κ3) is 4.66. The number of H-pyrrole nitrogens is 1. The van der Waals surface area contributed by atoms with Crippen molar-refractivity contribution in [1.29, 1.82) is 0 Å². The average Bonchev–Trinajstić information content (AvgIpc) is 3.14. The number of carbonyl (C=O) groups excluding carboxylic acids is 1. The first-order valence-electron chi connectivity index (χ1n) is 8.01. The number of aromatic amines is 1. The van der Waals surface area contributed by atoms with E-state index in [1.165, 1.54) is 18.2 Å². The van der Waals surface area contributed by atoms with Crippen molar-refractivity contribution in [3.8, 4) is 5.75 Å². The Labute approximate surface area is 149 Å². The van der Waals surface area contributed by atoms with E-state index < -0.39 is 6.61 Å². The molecule has 1 heterocycles. The second-order valence-corrected chi connectivity index (χ2v) is 5.58. The van der Waals surface area contributed by atoms with E-state index >= 15 is 0 Å². The monoisotopic (exact) mass is 357 g/mol. The summed E-state index contributed by atoms with van der Waals surface area (Å²) < 4.78 is 29.1. The molecule has 1 aromatic heterocycles. The zero-order valence-electron chi connectivity index (χ0n) is 13.7. The summed E-state index contributed by atoms with van der Waals surface area (Å²) >= 11 is 0. The van der Waals surface area contributed by atoms with Gasteiger partial charge in [0.15, 0.2) is 0 Å². The third-order valence-electron chi connectivity index (χ3n) is 3.78. The van der Waals surface area contributed by atoms with Crippen molar-refractivity contribution in [2.75, 3.05) is 0 Å². The number of carbonyl (C=O) groups is 1. The van der Waals surface area contributed by atoms with Gasteiger partial charge in [-0.05, 0) is 23.8 Å². The molecule has 7 heteroatoms. The van der Waals surface area contributed by atoms with E-state index in [9.17, 15) is 13.6 Å². The van der Waals surface area contributed by atoms with Crippen molar-refractivity contribution in [3.63, 3.8) is 0 Å². The van der Waals surface area contributed by atoms with Gasteiger partial charge in [0.25, 0.3) is 5.91 Å². The predicted octanol–water partition coefficient (Wildman–Crippen LogP) is 3.72. The number of benzene rings is 2. The van der Waals surface area contributed by atoms with Gasteiger partial charge in [-0.2, -0.15) is 8.78 Å². The first kappa shape index (κ1) is 17.6. The van der Waals surface area contributed by atoms with Gasteiger partial charge in [0.2, 0.25) is 0 Å². The number of hydrogen-bond acceptors (Lipinski definition) is 3. The highest BCUT2D eigenvalue weighted by atomic mass is 19.3. The zero-order chi connectivity index (χ0) is 18.4. The highest BCUT2D eigenvalue weighted by Gasteiger charge is 2.18. The first-order valence-corrected chi connectivity index (χ1v) is 8.01. The van der Waals surface area contributed by atoms with Gasteiger partial charge in [0.05, 0.1) is 6.04 Å². The van der Waals surface area contributed by atoms with Crippen molar-refractivity contribution in [2.45, 2.75) is 19.1 Å². The Hall–Kier alpha value is -3.22. The summed E-state index contributed by atoms with van der Waals surface area (Å²) in [6, 6.07) is 14.8. The van der Waals surface area contributed by atoms with Crippen molar-refractivity contribution in [3.05, 3.63) is 83.9 Å². The molecule has 3 rings (SSSR count). The minimum absolute atomic E-state index is 0.0602. The fourth-order valence-corrected chi connectivity index (χ4v) is 2.60. The number of rotatable bonds is 7. The maximum atomic E-state index is 12.6. The molecule has 0 bridgehead atoms. The van der Waals surface area contributed by atoms with Crippen molar-refractivity contribution in [1.82, 2.24) is 15.3 Å². The molecule has 26 heavy (non-hydrogen) atoms. The molecule has 1 atom stereocenters. The van der Waals surface area contributed by atoms with Gasteiger partial charge in [-0.15, -0.1) is 0 Å². The smallest absolute Gasteiger partial charge is 0.387 e. The quantitative estimate of drug-likeness (QED) is 0.677.